The van der Waals surface area contributed by atoms with E-state index < -0.39 is 0 Å². The molecule has 0 bridgehead atoms. The summed E-state index contributed by atoms with van der Waals surface area (Å²) in [5, 5.41) is 12.8. The first kappa shape index (κ1) is 25.2. The Labute approximate surface area is 209 Å². The smallest absolute Gasteiger partial charge is 0.317 e. The van der Waals surface area contributed by atoms with Gasteiger partial charge in [-0.25, -0.2) is 4.79 Å². The number of rotatable bonds is 9. The van der Waals surface area contributed by atoms with Crippen LogP contribution in [0.25, 0.3) is 0 Å². The molecule has 8 heteroatoms. The first-order chi connectivity index (χ1) is 16.4. The van der Waals surface area contributed by atoms with E-state index in [0.29, 0.717) is 53.2 Å². The second-order valence-electron chi connectivity index (χ2n) is 7.58. The van der Waals surface area contributed by atoms with Crippen LogP contribution in [0.5, 0.6) is 11.5 Å². The Morgan fingerprint density at radius 3 is 2.24 bits per heavy atom. The van der Waals surface area contributed by atoms with Gasteiger partial charge >= 0.3 is 6.03 Å². The van der Waals surface area contributed by atoms with Crippen LogP contribution in [0.1, 0.15) is 22.3 Å². The zero-order valence-electron chi connectivity index (χ0n) is 19.0. The number of halogens is 2. The molecular formula is C26H25Cl2N3O3. The molecule has 34 heavy (non-hydrogen) atoms. The summed E-state index contributed by atoms with van der Waals surface area (Å²) in [6.45, 7) is 1.18. The molecule has 6 nitrogen and oxygen atoms in total. The summed E-state index contributed by atoms with van der Waals surface area (Å²) in [5.41, 5.74) is 3.36. The van der Waals surface area contributed by atoms with Crippen molar-refractivity contribution in [1.82, 2.24) is 10.2 Å². The lowest BCUT2D eigenvalue weighted by Crippen LogP contribution is -2.40. The molecule has 0 heterocycles. The minimum atomic E-state index is -0.212. The van der Waals surface area contributed by atoms with Crippen molar-refractivity contribution >= 4 is 29.2 Å². The summed E-state index contributed by atoms with van der Waals surface area (Å²) < 4.78 is 10.7. The number of carbonyl (C=O) groups is 1. The van der Waals surface area contributed by atoms with Crippen LogP contribution in [0.2, 0.25) is 10.0 Å². The van der Waals surface area contributed by atoms with E-state index in [-0.39, 0.29) is 6.03 Å². The van der Waals surface area contributed by atoms with E-state index in [4.69, 9.17) is 37.9 Å². The molecule has 0 aliphatic carbocycles. The Kier molecular flexibility index (Phi) is 9.03. The average Bonchev–Trinajstić information content (AvgIpc) is 2.87. The predicted octanol–water partition coefficient (Wildman–Crippen LogP) is 5.84. The third-order valence-corrected chi connectivity index (χ3v) is 6.03. The molecule has 0 atom stereocenters. The number of nitrogens with one attached hydrogen (secondary N) is 1. The third-order valence-electron chi connectivity index (χ3n) is 5.29. The van der Waals surface area contributed by atoms with Crippen LogP contribution < -0.4 is 14.8 Å². The molecule has 1 N–H and O–H groups in total. The van der Waals surface area contributed by atoms with Crippen LogP contribution in [-0.2, 0) is 19.5 Å². The molecule has 0 unspecified atom stereocenters. The summed E-state index contributed by atoms with van der Waals surface area (Å²) in [6, 6.07) is 20.0. The minimum Gasteiger partial charge on any atom is -0.493 e. The number of benzene rings is 3. The number of methoxy groups -OCH3 is 2. The second-order valence-corrected chi connectivity index (χ2v) is 8.39. The van der Waals surface area contributed by atoms with Gasteiger partial charge in [0.25, 0.3) is 0 Å². The number of amides is 2. The zero-order chi connectivity index (χ0) is 24.5. The molecule has 0 spiro atoms. The summed E-state index contributed by atoms with van der Waals surface area (Å²) in [6.07, 6.45) is 0.617. The molecule has 0 fully saturated rings. The lowest BCUT2D eigenvalue weighted by Gasteiger charge is -2.24. The Morgan fingerprint density at radius 2 is 1.59 bits per heavy atom. The number of urea groups is 1. The van der Waals surface area contributed by atoms with Crippen molar-refractivity contribution in [2.75, 3.05) is 20.8 Å². The topological polar surface area (TPSA) is 74.6 Å². The van der Waals surface area contributed by atoms with Gasteiger partial charge in [0.15, 0.2) is 11.5 Å². The summed E-state index contributed by atoms with van der Waals surface area (Å²) in [4.78, 5) is 14.8. The van der Waals surface area contributed by atoms with Crippen molar-refractivity contribution in [1.29, 1.82) is 5.26 Å². The van der Waals surface area contributed by atoms with Gasteiger partial charge < -0.3 is 19.7 Å². The zero-order valence-corrected chi connectivity index (χ0v) is 20.5. The fraction of sp³-hybridized carbons (Fsp3) is 0.231. The fourth-order valence-corrected chi connectivity index (χ4v) is 3.72. The third kappa shape index (κ3) is 6.80. The van der Waals surface area contributed by atoms with Crippen LogP contribution in [0.15, 0.2) is 60.7 Å². The molecule has 3 aromatic carbocycles. The van der Waals surface area contributed by atoms with Gasteiger partial charge in [-0.05, 0) is 59.5 Å². The maximum absolute atomic E-state index is 13.1. The van der Waals surface area contributed by atoms with Gasteiger partial charge in [-0.2, -0.15) is 5.26 Å². The van der Waals surface area contributed by atoms with E-state index in [9.17, 15) is 4.79 Å². The van der Waals surface area contributed by atoms with Gasteiger partial charge in [-0.3, -0.25) is 0 Å². The van der Waals surface area contributed by atoms with Gasteiger partial charge in [0, 0.05) is 19.6 Å². The molecule has 0 saturated heterocycles. The molecular weight excluding hydrogens is 473 g/mol. The van der Waals surface area contributed by atoms with Crippen molar-refractivity contribution < 1.29 is 14.3 Å². The van der Waals surface area contributed by atoms with Gasteiger partial charge in [0.2, 0.25) is 0 Å². The first-order valence-electron chi connectivity index (χ1n) is 10.6. The lowest BCUT2D eigenvalue weighted by molar-refractivity contribution is 0.195. The van der Waals surface area contributed by atoms with E-state index in [1.807, 2.05) is 36.4 Å². The van der Waals surface area contributed by atoms with E-state index >= 15 is 0 Å². The number of hydrogen-bond donors (Lipinski definition) is 1. The van der Waals surface area contributed by atoms with Gasteiger partial charge in [0.1, 0.15) is 0 Å². The largest absolute Gasteiger partial charge is 0.493 e. The van der Waals surface area contributed by atoms with Gasteiger partial charge in [-0.15, -0.1) is 0 Å². The SMILES string of the molecule is COc1ccc(CCN(Cc2ccc(Cl)c(Cl)c2)C(=O)NCc2ccc(C#N)cc2)cc1OC. The van der Waals surface area contributed by atoms with Crippen molar-refractivity contribution in [3.63, 3.8) is 0 Å². The van der Waals surface area contributed by atoms with E-state index in [1.165, 1.54) is 0 Å². The Hall–Kier alpha value is -3.40. The minimum absolute atomic E-state index is 0.212. The number of nitriles is 1. The molecule has 3 rings (SSSR count). The van der Waals surface area contributed by atoms with Crippen LogP contribution in [0.3, 0.4) is 0 Å². The highest BCUT2D eigenvalue weighted by Gasteiger charge is 2.16. The maximum Gasteiger partial charge on any atom is 0.317 e. The first-order valence-corrected chi connectivity index (χ1v) is 11.4. The molecule has 0 radical (unpaired) electrons. The Bertz CT molecular complexity index is 1180. The number of carbonyl (C=O) groups excluding carboxylic acids is 1. The molecule has 0 aliphatic rings. The van der Waals surface area contributed by atoms with Gasteiger partial charge in [-0.1, -0.05) is 47.5 Å². The number of ether oxygens (including phenoxy) is 2. The standard InChI is InChI=1S/C26H25Cl2N3O3/c1-33-24-10-8-18(14-25(24)34-2)11-12-31(17-21-7-9-22(27)23(28)13-21)26(32)30-16-20-5-3-19(15-29)4-6-20/h3-10,13-14H,11-12,16-17H2,1-2H3,(H,30,32). The normalized spacial score (nSPS) is 10.3. The molecule has 0 saturated carbocycles. The monoisotopic (exact) mass is 497 g/mol. The summed E-state index contributed by atoms with van der Waals surface area (Å²) >= 11 is 12.2. The van der Waals surface area contributed by atoms with Crippen molar-refractivity contribution in [2.24, 2.45) is 0 Å². The molecule has 0 aliphatic heterocycles. The number of hydrogen-bond acceptors (Lipinski definition) is 4. The quantitative estimate of drug-likeness (QED) is 0.403. The van der Waals surface area contributed by atoms with Crippen LogP contribution in [-0.4, -0.2) is 31.7 Å². The van der Waals surface area contributed by atoms with Crippen molar-refractivity contribution in [3.05, 3.63) is 93.0 Å². The van der Waals surface area contributed by atoms with E-state index in [2.05, 4.69) is 11.4 Å². The molecule has 2 amide bonds. The highest BCUT2D eigenvalue weighted by atomic mass is 35.5. The molecule has 0 aromatic heterocycles. The van der Waals surface area contributed by atoms with Gasteiger partial charge in [0.05, 0.1) is 35.9 Å². The highest BCUT2D eigenvalue weighted by Crippen LogP contribution is 2.28. The van der Waals surface area contributed by atoms with Crippen molar-refractivity contribution in [2.45, 2.75) is 19.5 Å². The highest BCUT2D eigenvalue weighted by molar-refractivity contribution is 6.42. The van der Waals surface area contributed by atoms with Crippen LogP contribution >= 0.6 is 23.2 Å². The lowest BCUT2D eigenvalue weighted by atomic mass is 10.1. The van der Waals surface area contributed by atoms with Crippen LogP contribution in [0.4, 0.5) is 4.79 Å². The maximum atomic E-state index is 13.1. The molecule has 3 aromatic rings. The van der Waals surface area contributed by atoms with Crippen molar-refractivity contribution in [3.8, 4) is 17.6 Å². The second kappa shape index (κ2) is 12.2. The Balaban J connectivity index is 1.73. The number of nitrogens with zero attached hydrogens (tertiary/aromatic N) is 2. The Morgan fingerprint density at radius 1 is 0.912 bits per heavy atom. The van der Waals surface area contributed by atoms with E-state index in [0.717, 1.165) is 16.7 Å². The summed E-state index contributed by atoms with van der Waals surface area (Å²) in [7, 11) is 3.18. The predicted molar refractivity (Wildman–Crippen MR) is 134 cm³/mol. The average molecular weight is 498 g/mol. The van der Waals surface area contributed by atoms with E-state index in [1.54, 1.807) is 43.4 Å². The summed E-state index contributed by atoms with van der Waals surface area (Å²) in [5.74, 6) is 1.29. The fourth-order valence-electron chi connectivity index (χ4n) is 3.40. The van der Waals surface area contributed by atoms with Crippen LogP contribution in [0, 0.1) is 11.3 Å². The molecule has 176 valence electrons.